The van der Waals surface area contributed by atoms with E-state index in [1.54, 1.807) is 6.07 Å². The van der Waals surface area contributed by atoms with Crippen LogP contribution in [0.15, 0.2) is 18.2 Å². The van der Waals surface area contributed by atoms with Crippen LogP contribution in [0.2, 0.25) is 0 Å². The fraction of sp³-hybridized carbons (Fsp3) is 0.462. The molecular formula is C13H18N4. The van der Waals surface area contributed by atoms with Crippen LogP contribution >= 0.6 is 0 Å². The highest BCUT2D eigenvalue weighted by molar-refractivity contribution is 5.63. The third kappa shape index (κ3) is 2.51. The molecule has 90 valence electrons. The number of benzene rings is 1. The summed E-state index contributed by atoms with van der Waals surface area (Å²) in [6.45, 7) is 6.29. The van der Waals surface area contributed by atoms with E-state index in [4.69, 9.17) is 11.0 Å². The van der Waals surface area contributed by atoms with Crippen molar-refractivity contribution in [1.29, 1.82) is 5.26 Å². The molecule has 0 aromatic heterocycles. The van der Waals surface area contributed by atoms with Gasteiger partial charge in [0.25, 0.3) is 0 Å². The van der Waals surface area contributed by atoms with Crippen LogP contribution in [0.4, 0.5) is 11.4 Å². The molecule has 2 rings (SSSR count). The van der Waals surface area contributed by atoms with Gasteiger partial charge in [-0.2, -0.15) is 5.26 Å². The first kappa shape index (κ1) is 11.7. The Morgan fingerprint density at radius 3 is 2.53 bits per heavy atom. The standard InChI is InChI=1S/C13H18N4/c1-9-7-17(8-10(2)16-9)12-4-3-11(6-14)13(15)5-12/h3-5,9-10,16H,7-8,15H2,1-2H3. The van der Waals surface area contributed by atoms with E-state index in [0.29, 0.717) is 23.3 Å². The third-order valence-corrected chi connectivity index (χ3v) is 3.08. The van der Waals surface area contributed by atoms with Gasteiger partial charge in [-0.25, -0.2) is 0 Å². The SMILES string of the molecule is CC1CN(c2ccc(C#N)c(N)c2)CC(C)N1. The number of hydrogen-bond acceptors (Lipinski definition) is 4. The molecule has 4 heteroatoms. The Morgan fingerprint density at radius 2 is 2.00 bits per heavy atom. The zero-order chi connectivity index (χ0) is 12.4. The number of piperazine rings is 1. The number of rotatable bonds is 1. The van der Waals surface area contributed by atoms with Crippen molar-refractivity contribution >= 4 is 11.4 Å². The van der Waals surface area contributed by atoms with E-state index < -0.39 is 0 Å². The van der Waals surface area contributed by atoms with Gasteiger partial charge < -0.3 is 16.0 Å². The van der Waals surface area contributed by atoms with Crippen LogP contribution < -0.4 is 16.0 Å². The number of nitrogens with one attached hydrogen (secondary N) is 1. The zero-order valence-electron chi connectivity index (χ0n) is 10.3. The first-order valence-electron chi connectivity index (χ1n) is 5.90. The van der Waals surface area contributed by atoms with E-state index >= 15 is 0 Å². The zero-order valence-corrected chi connectivity index (χ0v) is 10.3. The van der Waals surface area contributed by atoms with Gasteiger partial charge in [0, 0.05) is 30.9 Å². The third-order valence-electron chi connectivity index (χ3n) is 3.08. The monoisotopic (exact) mass is 230 g/mol. The Morgan fingerprint density at radius 1 is 1.35 bits per heavy atom. The maximum absolute atomic E-state index is 8.85. The van der Waals surface area contributed by atoms with E-state index in [-0.39, 0.29) is 0 Å². The number of nitrogens with zero attached hydrogens (tertiary/aromatic N) is 2. The number of hydrogen-bond donors (Lipinski definition) is 2. The van der Waals surface area contributed by atoms with Gasteiger partial charge in [-0.05, 0) is 32.0 Å². The Balaban J connectivity index is 2.22. The maximum atomic E-state index is 8.85. The molecule has 1 saturated heterocycles. The van der Waals surface area contributed by atoms with Gasteiger partial charge in [-0.15, -0.1) is 0 Å². The minimum absolute atomic E-state index is 0.468. The maximum Gasteiger partial charge on any atom is 0.101 e. The van der Waals surface area contributed by atoms with Crippen molar-refractivity contribution in [2.75, 3.05) is 23.7 Å². The van der Waals surface area contributed by atoms with Crippen LogP contribution in [0, 0.1) is 11.3 Å². The van der Waals surface area contributed by atoms with Gasteiger partial charge in [0.15, 0.2) is 0 Å². The highest BCUT2D eigenvalue weighted by Crippen LogP contribution is 2.22. The summed E-state index contributed by atoms with van der Waals surface area (Å²) in [4.78, 5) is 2.31. The minimum atomic E-state index is 0.468. The molecule has 4 nitrogen and oxygen atoms in total. The highest BCUT2D eigenvalue weighted by atomic mass is 15.2. The summed E-state index contributed by atoms with van der Waals surface area (Å²) in [5.74, 6) is 0. The van der Waals surface area contributed by atoms with Crippen molar-refractivity contribution < 1.29 is 0 Å². The molecule has 1 aromatic rings. The van der Waals surface area contributed by atoms with Crippen LogP contribution in [0.1, 0.15) is 19.4 Å². The largest absolute Gasteiger partial charge is 0.398 e. The second-order valence-corrected chi connectivity index (χ2v) is 4.76. The van der Waals surface area contributed by atoms with Crippen molar-refractivity contribution in [2.45, 2.75) is 25.9 Å². The smallest absolute Gasteiger partial charge is 0.101 e. The second kappa shape index (κ2) is 4.64. The van der Waals surface area contributed by atoms with Crippen molar-refractivity contribution in [3.8, 4) is 6.07 Å². The predicted octanol–water partition coefficient (Wildman–Crippen LogP) is 1.33. The molecule has 2 atom stereocenters. The molecule has 0 aliphatic carbocycles. The lowest BCUT2D eigenvalue weighted by Gasteiger charge is -2.37. The lowest BCUT2D eigenvalue weighted by atomic mass is 10.1. The molecule has 1 aromatic carbocycles. The highest BCUT2D eigenvalue weighted by Gasteiger charge is 2.21. The summed E-state index contributed by atoms with van der Waals surface area (Å²) in [7, 11) is 0. The summed E-state index contributed by atoms with van der Waals surface area (Å²) >= 11 is 0. The molecule has 1 heterocycles. The molecule has 3 N–H and O–H groups in total. The van der Waals surface area contributed by atoms with Crippen LogP contribution in [0.25, 0.3) is 0 Å². The van der Waals surface area contributed by atoms with E-state index in [1.165, 1.54) is 0 Å². The van der Waals surface area contributed by atoms with Gasteiger partial charge in [-0.3, -0.25) is 0 Å². The Bertz CT molecular complexity index is 439. The van der Waals surface area contributed by atoms with E-state index in [1.807, 2.05) is 12.1 Å². The Labute approximate surface area is 102 Å². The van der Waals surface area contributed by atoms with Gasteiger partial charge in [0.1, 0.15) is 6.07 Å². The summed E-state index contributed by atoms with van der Waals surface area (Å²) in [6.07, 6.45) is 0. The van der Waals surface area contributed by atoms with Gasteiger partial charge >= 0.3 is 0 Å². The Kier molecular flexibility index (Phi) is 3.21. The normalized spacial score (nSPS) is 24.4. The predicted molar refractivity (Wildman–Crippen MR) is 69.8 cm³/mol. The average molecular weight is 230 g/mol. The van der Waals surface area contributed by atoms with Gasteiger partial charge in [-0.1, -0.05) is 0 Å². The lowest BCUT2D eigenvalue weighted by Crippen LogP contribution is -2.54. The fourth-order valence-corrected chi connectivity index (χ4v) is 2.39. The van der Waals surface area contributed by atoms with E-state index in [0.717, 1.165) is 18.8 Å². The average Bonchev–Trinajstić information content (AvgIpc) is 2.27. The quantitative estimate of drug-likeness (QED) is 0.714. The molecule has 17 heavy (non-hydrogen) atoms. The van der Waals surface area contributed by atoms with Crippen molar-refractivity contribution in [1.82, 2.24) is 5.32 Å². The fourth-order valence-electron chi connectivity index (χ4n) is 2.39. The molecule has 2 unspecified atom stereocenters. The van der Waals surface area contributed by atoms with Gasteiger partial charge in [0.2, 0.25) is 0 Å². The van der Waals surface area contributed by atoms with Gasteiger partial charge in [0.05, 0.1) is 11.3 Å². The number of nitriles is 1. The molecule has 1 aliphatic heterocycles. The molecule has 0 amide bonds. The van der Waals surface area contributed by atoms with Crippen LogP contribution in [0.5, 0.6) is 0 Å². The van der Waals surface area contributed by atoms with Crippen LogP contribution in [0.3, 0.4) is 0 Å². The molecule has 0 radical (unpaired) electrons. The van der Waals surface area contributed by atoms with Crippen LogP contribution in [-0.2, 0) is 0 Å². The Hall–Kier alpha value is -1.73. The molecular weight excluding hydrogens is 212 g/mol. The summed E-state index contributed by atoms with van der Waals surface area (Å²) in [5, 5.41) is 12.3. The second-order valence-electron chi connectivity index (χ2n) is 4.76. The number of anilines is 2. The molecule has 1 aliphatic rings. The number of nitrogens with two attached hydrogens (primary N) is 1. The van der Waals surface area contributed by atoms with Crippen molar-refractivity contribution in [2.24, 2.45) is 0 Å². The molecule has 0 bridgehead atoms. The van der Waals surface area contributed by atoms with Crippen molar-refractivity contribution in [3.63, 3.8) is 0 Å². The summed E-state index contributed by atoms with van der Waals surface area (Å²) in [5.41, 5.74) is 8.05. The molecule has 1 fully saturated rings. The summed E-state index contributed by atoms with van der Waals surface area (Å²) < 4.78 is 0. The van der Waals surface area contributed by atoms with Crippen molar-refractivity contribution in [3.05, 3.63) is 23.8 Å². The first-order chi connectivity index (χ1) is 8.10. The minimum Gasteiger partial charge on any atom is -0.398 e. The van der Waals surface area contributed by atoms with E-state index in [9.17, 15) is 0 Å². The van der Waals surface area contributed by atoms with E-state index in [2.05, 4.69) is 30.1 Å². The topological polar surface area (TPSA) is 65.1 Å². The van der Waals surface area contributed by atoms with Crippen LogP contribution in [-0.4, -0.2) is 25.2 Å². The summed E-state index contributed by atoms with van der Waals surface area (Å²) in [6, 6.07) is 8.68. The number of nitrogen functional groups attached to an aromatic ring is 1. The first-order valence-corrected chi connectivity index (χ1v) is 5.90. The molecule has 0 saturated carbocycles. The molecule has 0 spiro atoms. The lowest BCUT2D eigenvalue weighted by molar-refractivity contribution is 0.407.